The number of nitrogen functional groups attached to an aromatic ring is 1. The number of H-pyrrole nitrogens is 1. The predicted octanol–water partition coefficient (Wildman–Crippen LogP) is 2.77. The van der Waals surface area contributed by atoms with Gasteiger partial charge in [0.2, 0.25) is 0 Å². The molecule has 0 radical (unpaired) electrons. The zero-order valence-corrected chi connectivity index (χ0v) is 10.8. The number of rotatable bonds is 1. The number of hydrogen-bond acceptors (Lipinski definition) is 2. The molecule has 0 unspecified atom stereocenters. The van der Waals surface area contributed by atoms with Crippen LogP contribution in [0.25, 0.3) is 22.2 Å². The molecule has 2 aromatic heterocycles. The van der Waals surface area contributed by atoms with E-state index < -0.39 is 0 Å². The summed E-state index contributed by atoms with van der Waals surface area (Å²) in [6.07, 6.45) is 0. The van der Waals surface area contributed by atoms with E-state index in [1.165, 1.54) is 5.39 Å². The lowest BCUT2D eigenvalue weighted by atomic mass is 10.0. The molecule has 0 amide bonds. The molecule has 0 saturated heterocycles. The molecule has 0 aliphatic heterocycles. The lowest BCUT2D eigenvalue weighted by Gasteiger charge is -1.98. The maximum Gasteiger partial charge on any atom is 0.124 e. The minimum absolute atomic E-state index is 0.717. The van der Waals surface area contributed by atoms with Crippen molar-refractivity contribution in [1.29, 1.82) is 0 Å². The van der Waals surface area contributed by atoms with E-state index in [2.05, 4.69) is 29.1 Å². The highest BCUT2D eigenvalue weighted by atomic mass is 15.3. The van der Waals surface area contributed by atoms with Crippen LogP contribution in [0.15, 0.2) is 24.3 Å². The molecule has 0 bridgehead atoms. The summed E-state index contributed by atoms with van der Waals surface area (Å²) in [5.74, 6) is 0.717. The SMILES string of the molecule is Cc1[nH]c2ccccc2c1-c1nn(C)c(N)c1C. The van der Waals surface area contributed by atoms with E-state index in [0.717, 1.165) is 33.8 Å². The Morgan fingerprint density at radius 2 is 1.94 bits per heavy atom. The highest BCUT2D eigenvalue weighted by Gasteiger charge is 2.17. The Balaban J connectivity index is 2.37. The van der Waals surface area contributed by atoms with Crippen molar-refractivity contribution >= 4 is 16.7 Å². The van der Waals surface area contributed by atoms with E-state index in [-0.39, 0.29) is 0 Å². The molecule has 0 atom stereocenters. The number of aromatic nitrogens is 3. The van der Waals surface area contributed by atoms with Gasteiger partial charge in [-0.1, -0.05) is 18.2 Å². The first-order valence-corrected chi connectivity index (χ1v) is 5.96. The molecule has 0 aliphatic rings. The first-order chi connectivity index (χ1) is 8.59. The molecule has 1 aromatic carbocycles. The summed E-state index contributed by atoms with van der Waals surface area (Å²) in [6.45, 7) is 4.08. The number of aromatic amines is 1. The number of aryl methyl sites for hydroxylation is 2. The fourth-order valence-corrected chi connectivity index (χ4v) is 2.46. The topological polar surface area (TPSA) is 59.6 Å². The number of para-hydroxylation sites is 1. The minimum Gasteiger partial charge on any atom is -0.384 e. The molecule has 0 fully saturated rings. The number of benzene rings is 1. The van der Waals surface area contributed by atoms with Gasteiger partial charge in [0.15, 0.2) is 0 Å². The van der Waals surface area contributed by atoms with Gasteiger partial charge in [-0.25, -0.2) is 0 Å². The van der Waals surface area contributed by atoms with E-state index in [0.29, 0.717) is 0 Å². The molecule has 18 heavy (non-hydrogen) atoms. The highest BCUT2D eigenvalue weighted by molar-refractivity contribution is 5.97. The molecule has 0 spiro atoms. The Kier molecular flexibility index (Phi) is 2.20. The Morgan fingerprint density at radius 1 is 1.22 bits per heavy atom. The molecule has 4 heteroatoms. The Morgan fingerprint density at radius 3 is 2.61 bits per heavy atom. The monoisotopic (exact) mass is 240 g/mol. The minimum atomic E-state index is 0.717. The molecule has 92 valence electrons. The normalized spacial score (nSPS) is 11.3. The molecule has 0 saturated carbocycles. The summed E-state index contributed by atoms with van der Waals surface area (Å²) in [6, 6.07) is 8.26. The van der Waals surface area contributed by atoms with Crippen LogP contribution in [-0.4, -0.2) is 14.8 Å². The van der Waals surface area contributed by atoms with Crippen molar-refractivity contribution in [1.82, 2.24) is 14.8 Å². The van der Waals surface area contributed by atoms with Crippen LogP contribution in [0.3, 0.4) is 0 Å². The van der Waals surface area contributed by atoms with Crippen LogP contribution in [0.5, 0.6) is 0 Å². The van der Waals surface area contributed by atoms with Gasteiger partial charge in [-0.05, 0) is 19.9 Å². The zero-order chi connectivity index (χ0) is 12.9. The molecule has 4 nitrogen and oxygen atoms in total. The largest absolute Gasteiger partial charge is 0.384 e. The third kappa shape index (κ3) is 1.35. The zero-order valence-electron chi connectivity index (χ0n) is 10.8. The summed E-state index contributed by atoms with van der Waals surface area (Å²) >= 11 is 0. The molecule has 3 rings (SSSR count). The Bertz CT molecular complexity index is 734. The van der Waals surface area contributed by atoms with Crippen LogP contribution in [0, 0.1) is 13.8 Å². The van der Waals surface area contributed by atoms with Crippen LogP contribution in [0.4, 0.5) is 5.82 Å². The average molecular weight is 240 g/mol. The van der Waals surface area contributed by atoms with E-state index in [1.54, 1.807) is 4.68 Å². The lowest BCUT2D eigenvalue weighted by Crippen LogP contribution is -1.97. The Hall–Kier alpha value is -2.23. The van der Waals surface area contributed by atoms with Crippen molar-refractivity contribution in [3.8, 4) is 11.3 Å². The standard InChI is InChI=1S/C14H16N4/c1-8-13(17-18(3)14(8)15)12-9(2)16-11-7-5-4-6-10(11)12/h4-7,16H,15H2,1-3H3. The second kappa shape index (κ2) is 3.63. The predicted molar refractivity (Wildman–Crippen MR) is 74.4 cm³/mol. The average Bonchev–Trinajstić information content (AvgIpc) is 2.80. The quantitative estimate of drug-likeness (QED) is 0.687. The van der Waals surface area contributed by atoms with Gasteiger partial charge < -0.3 is 10.7 Å². The van der Waals surface area contributed by atoms with E-state index >= 15 is 0 Å². The number of nitrogens with two attached hydrogens (primary N) is 1. The van der Waals surface area contributed by atoms with Gasteiger partial charge in [-0.2, -0.15) is 5.10 Å². The van der Waals surface area contributed by atoms with Crippen LogP contribution >= 0.6 is 0 Å². The van der Waals surface area contributed by atoms with Gasteiger partial charge in [0.05, 0.1) is 5.69 Å². The number of hydrogen-bond donors (Lipinski definition) is 2. The second-order valence-electron chi connectivity index (χ2n) is 4.65. The van der Waals surface area contributed by atoms with E-state index in [4.69, 9.17) is 5.73 Å². The third-order valence-electron chi connectivity index (χ3n) is 3.47. The molecular weight excluding hydrogens is 224 g/mol. The van der Waals surface area contributed by atoms with Crippen LogP contribution in [0.2, 0.25) is 0 Å². The summed E-state index contributed by atoms with van der Waals surface area (Å²) in [7, 11) is 1.87. The van der Waals surface area contributed by atoms with Gasteiger partial charge in [0.25, 0.3) is 0 Å². The Labute approximate surface area is 105 Å². The number of nitrogens with one attached hydrogen (secondary N) is 1. The van der Waals surface area contributed by atoms with Crippen molar-refractivity contribution in [3.63, 3.8) is 0 Å². The second-order valence-corrected chi connectivity index (χ2v) is 4.65. The summed E-state index contributed by atoms with van der Waals surface area (Å²) in [4.78, 5) is 3.39. The third-order valence-corrected chi connectivity index (χ3v) is 3.47. The first-order valence-electron chi connectivity index (χ1n) is 5.96. The number of anilines is 1. The van der Waals surface area contributed by atoms with Crippen LogP contribution < -0.4 is 5.73 Å². The van der Waals surface area contributed by atoms with E-state index in [1.807, 2.05) is 26.1 Å². The fraction of sp³-hybridized carbons (Fsp3) is 0.214. The molecule has 0 aliphatic carbocycles. The van der Waals surface area contributed by atoms with Crippen molar-refractivity contribution in [2.45, 2.75) is 13.8 Å². The summed E-state index contributed by atoms with van der Waals surface area (Å²) in [5, 5.41) is 5.73. The molecular formula is C14H16N4. The summed E-state index contributed by atoms with van der Waals surface area (Å²) < 4.78 is 1.73. The van der Waals surface area contributed by atoms with Gasteiger partial charge in [0, 0.05) is 34.8 Å². The van der Waals surface area contributed by atoms with Gasteiger partial charge >= 0.3 is 0 Å². The molecule has 3 N–H and O–H groups in total. The fourth-order valence-electron chi connectivity index (χ4n) is 2.46. The maximum absolute atomic E-state index is 5.99. The van der Waals surface area contributed by atoms with Crippen molar-refractivity contribution < 1.29 is 0 Å². The van der Waals surface area contributed by atoms with Gasteiger partial charge in [-0.15, -0.1) is 0 Å². The first kappa shape index (κ1) is 10.9. The summed E-state index contributed by atoms with van der Waals surface area (Å²) in [5.41, 5.74) is 11.4. The molecule has 2 heterocycles. The van der Waals surface area contributed by atoms with Crippen molar-refractivity contribution in [3.05, 3.63) is 35.5 Å². The number of fused-ring (bicyclic) bond motifs is 1. The number of nitrogens with zero attached hydrogens (tertiary/aromatic N) is 2. The molecule has 3 aromatic rings. The smallest absolute Gasteiger partial charge is 0.124 e. The van der Waals surface area contributed by atoms with Crippen LogP contribution in [0.1, 0.15) is 11.3 Å². The maximum atomic E-state index is 5.99. The van der Waals surface area contributed by atoms with Crippen LogP contribution in [-0.2, 0) is 7.05 Å². The van der Waals surface area contributed by atoms with E-state index in [9.17, 15) is 0 Å². The van der Waals surface area contributed by atoms with Gasteiger partial charge in [0.1, 0.15) is 5.82 Å². The van der Waals surface area contributed by atoms with Crippen molar-refractivity contribution in [2.75, 3.05) is 5.73 Å². The lowest BCUT2D eigenvalue weighted by molar-refractivity contribution is 0.782. The highest BCUT2D eigenvalue weighted by Crippen LogP contribution is 2.34. The van der Waals surface area contributed by atoms with Gasteiger partial charge in [-0.3, -0.25) is 4.68 Å². The van der Waals surface area contributed by atoms with Crippen molar-refractivity contribution in [2.24, 2.45) is 7.05 Å².